The lowest BCUT2D eigenvalue weighted by atomic mass is 9.97. The number of hydrogen-bond donors (Lipinski definition) is 1. The van der Waals surface area contributed by atoms with Crippen LogP contribution >= 0.6 is 0 Å². The fourth-order valence-electron chi connectivity index (χ4n) is 3.58. The van der Waals surface area contributed by atoms with Crippen molar-refractivity contribution < 1.29 is 18.0 Å². The number of nitrogens with one attached hydrogen (secondary N) is 1. The van der Waals surface area contributed by atoms with Crippen LogP contribution in [0.25, 0.3) is 0 Å². The first kappa shape index (κ1) is 19.6. The summed E-state index contributed by atoms with van der Waals surface area (Å²) in [6.07, 6.45) is 4.45. The van der Waals surface area contributed by atoms with Crippen molar-refractivity contribution in [2.45, 2.75) is 30.6 Å². The predicted octanol–water partition coefficient (Wildman–Crippen LogP) is 1.83. The van der Waals surface area contributed by atoms with Crippen LogP contribution < -0.4 is 5.32 Å². The molecule has 0 aromatic heterocycles. The van der Waals surface area contributed by atoms with Crippen molar-refractivity contribution in [3.05, 3.63) is 36.9 Å². The van der Waals surface area contributed by atoms with E-state index in [-0.39, 0.29) is 22.6 Å². The van der Waals surface area contributed by atoms with Crippen molar-refractivity contribution in [3.63, 3.8) is 0 Å². The summed E-state index contributed by atoms with van der Waals surface area (Å²) in [5, 5.41) is 2.81. The molecule has 2 amide bonds. The number of piperidine rings is 1. The summed E-state index contributed by atoms with van der Waals surface area (Å²) in [4.78, 5) is 26.2. The van der Waals surface area contributed by atoms with Crippen molar-refractivity contribution in [3.8, 4) is 0 Å². The first-order valence-electron chi connectivity index (χ1n) is 9.24. The summed E-state index contributed by atoms with van der Waals surface area (Å²) in [5.41, 5.74) is 0.451. The molecule has 3 rings (SSSR count). The van der Waals surface area contributed by atoms with Crippen molar-refractivity contribution in [1.82, 2.24) is 9.21 Å². The topological polar surface area (TPSA) is 86.8 Å². The van der Waals surface area contributed by atoms with Gasteiger partial charge in [-0.25, -0.2) is 8.42 Å². The van der Waals surface area contributed by atoms with Crippen LogP contribution in [0.5, 0.6) is 0 Å². The molecule has 2 fully saturated rings. The van der Waals surface area contributed by atoms with Crippen LogP contribution in [0.4, 0.5) is 5.69 Å². The van der Waals surface area contributed by atoms with E-state index in [1.807, 2.05) is 0 Å². The summed E-state index contributed by atoms with van der Waals surface area (Å²) in [6, 6.07) is 6.36. The molecule has 1 unspecified atom stereocenters. The highest BCUT2D eigenvalue weighted by molar-refractivity contribution is 7.89. The number of sulfonamides is 1. The molecule has 2 saturated heterocycles. The van der Waals surface area contributed by atoms with Gasteiger partial charge in [-0.2, -0.15) is 4.31 Å². The SMILES string of the molecule is C=CC(=O)N1CCCC(C(=O)Nc2cccc(S(=O)(=O)N3CCCC3)c2)C1. The molecule has 0 spiro atoms. The molecule has 2 aliphatic heterocycles. The molecule has 0 aliphatic carbocycles. The highest BCUT2D eigenvalue weighted by Crippen LogP contribution is 2.24. The molecule has 0 saturated carbocycles. The van der Waals surface area contributed by atoms with Crippen molar-refractivity contribution in [2.75, 3.05) is 31.5 Å². The second kappa shape index (κ2) is 8.22. The average Bonchev–Trinajstić information content (AvgIpc) is 3.23. The number of anilines is 1. The van der Waals surface area contributed by atoms with Crippen molar-refractivity contribution in [1.29, 1.82) is 0 Å². The van der Waals surface area contributed by atoms with Crippen molar-refractivity contribution >= 4 is 27.5 Å². The summed E-state index contributed by atoms with van der Waals surface area (Å²) in [5.74, 6) is -0.694. The smallest absolute Gasteiger partial charge is 0.245 e. The monoisotopic (exact) mass is 391 g/mol. The van der Waals surface area contributed by atoms with Gasteiger partial charge in [0.2, 0.25) is 21.8 Å². The number of benzene rings is 1. The lowest BCUT2D eigenvalue weighted by Gasteiger charge is -2.31. The third kappa shape index (κ3) is 4.39. The molecule has 2 aliphatic rings. The van der Waals surface area contributed by atoms with Gasteiger partial charge in [0.05, 0.1) is 10.8 Å². The van der Waals surface area contributed by atoms with E-state index < -0.39 is 10.0 Å². The fraction of sp³-hybridized carbons (Fsp3) is 0.474. The minimum atomic E-state index is -3.53. The third-order valence-electron chi connectivity index (χ3n) is 5.08. The van der Waals surface area contributed by atoms with Gasteiger partial charge in [0.1, 0.15) is 0 Å². The number of carbonyl (C=O) groups is 2. The van der Waals surface area contributed by atoms with Gasteiger partial charge < -0.3 is 10.2 Å². The zero-order valence-corrected chi connectivity index (χ0v) is 16.1. The standard InChI is InChI=1S/C19H25N3O4S/c1-2-18(23)21-10-6-7-15(14-21)19(24)20-16-8-5-9-17(13-16)27(25,26)22-11-3-4-12-22/h2,5,8-9,13,15H,1,3-4,6-7,10-12,14H2,(H,20,24). The molecule has 1 atom stereocenters. The second-order valence-electron chi connectivity index (χ2n) is 6.96. The Morgan fingerprint density at radius 2 is 1.89 bits per heavy atom. The van der Waals surface area contributed by atoms with Crippen LogP contribution in [-0.4, -0.2) is 55.6 Å². The number of hydrogen-bond acceptors (Lipinski definition) is 4. The van der Waals surface area contributed by atoms with Gasteiger partial charge >= 0.3 is 0 Å². The van der Waals surface area contributed by atoms with Crippen LogP contribution in [0.3, 0.4) is 0 Å². The average molecular weight is 391 g/mol. The normalized spacial score (nSPS) is 21.0. The molecule has 0 radical (unpaired) electrons. The summed E-state index contributed by atoms with van der Waals surface area (Å²) in [7, 11) is -3.53. The van der Waals surface area contributed by atoms with Gasteiger partial charge in [0.25, 0.3) is 0 Å². The van der Waals surface area contributed by atoms with Gasteiger partial charge in [0, 0.05) is 31.9 Å². The molecular weight excluding hydrogens is 366 g/mol. The Labute approximate surface area is 160 Å². The highest BCUT2D eigenvalue weighted by atomic mass is 32.2. The molecule has 7 nitrogen and oxygen atoms in total. The Morgan fingerprint density at radius 3 is 2.59 bits per heavy atom. The summed E-state index contributed by atoms with van der Waals surface area (Å²) < 4.78 is 26.8. The largest absolute Gasteiger partial charge is 0.338 e. The van der Waals surface area contributed by atoms with Crippen molar-refractivity contribution in [2.24, 2.45) is 5.92 Å². The lowest BCUT2D eigenvalue weighted by molar-refractivity contribution is -0.130. The Balaban J connectivity index is 1.69. The zero-order chi connectivity index (χ0) is 19.4. The van der Waals surface area contributed by atoms with Crippen LogP contribution in [0.1, 0.15) is 25.7 Å². The quantitative estimate of drug-likeness (QED) is 0.776. The maximum Gasteiger partial charge on any atom is 0.245 e. The van der Waals surface area contributed by atoms with Gasteiger partial charge in [-0.3, -0.25) is 9.59 Å². The first-order chi connectivity index (χ1) is 12.9. The van der Waals surface area contributed by atoms with Crippen LogP contribution in [-0.2, 0) is 19.6 Å². The van der Waals surface area contributed by atoms with E-state index in [0.29, 0.717) is 38.3 Å². The minimum absolute atomic E-state index is 0.175. The van der Waals surface area contributed by atoms with Gasteiger partial charge in [0.15, 0.2) is 0 Å². The second-order valence-corrected chi connectivity index (χ2v) is 8.89. The zero-order valence-electron chi connectivity index (χ0n) is 15.3. The number of nitrogens with zero attached hydrogens (tertiary/aromatic N) is 2. The molecule has 8 heteroatoms. The lowest BCUT2D eigenvalue weighted by Crippen LogP contribution is -2.43. The first-order valence-corrected chi connectivity index (χ1v) is 10.7. The Bertz CT molecular complexity index is 831. The van der Waals surface area contributed by atoms with E-state index in [1.165, 1.54) is 16.4 Å². The van der Waals surface area contributed by atoms with E-state index >= 15 is 0 Å². The van der Waals surface area contributed by atoms with E-state index in [2.05, 4.69) is 11.9 Å². The molecule has 2 heterocycles. The Kier molecular flexibility index (Phi) is 5.96. The maximum absolute atomic E-state index is 12.7. The molecule has 1 N–H and O–H groups in total. The van der Waals surface area contributed by atoms with E-state index in [4.69, 9.17) is 0 Å². The van der Waals surface area contributed by atoms with Crippen LogP contribution in [0, 0.1) is 5.92 Å². The molecule has 1 aromatic rings. The molecular formula is C19H25N3O4S. The van der Waals surface area contributed by atoms with E-state index in [1.54, 1.807) is 23.1 Å². The van der Waals surface area contributed by atoms with E-state index in [9.17, 15) is 18.0 Å². The van der Waals surface area contributed by atoms with E-state index in [0.717, 1.165) is 19.3 Å². The van der Waals surface area contributed by atoms with Gasteiger partial charge in [-0.15, -0.1) is 0 Å². The molecule has 27 heavy (non-hydrogen) atoms. The molecule has 1 aromatic carbocycles. The molecule has 0 bridgehead atoms. The highest BCUT2D eigenvalue weighted by Gasteiger charge is 2.29. The Morgan fingerprint density at radius 1 is 1.15 bits per heavy atom. The van der Waals surface area contributed by atoms with Crippen LogP contribution in [0.15, 0.2) is 41.8 Å². The maximum atomic E-state index is 12.7. The van der Waals surface area contributed by atoms with Gasteiger partial charge in [-0.1, -0.05) is 12.6 Å². The predicted molar refractivity (Wildman–Crippen MR) is 103 cm³/mol. The number of likely N-dealkylation sites (tertiary alicyclic amines) is 1. The number of rotatable bonds is 5. The van der Waals surface area contributed by atoms with Gasteiger partial charge in [-0.05, 0) is 50.0 Å². The molecule has 146 valence electrons. The minimum Gasteiger partial charge on any atom is -0.338 e. The fourth-order valence-corrected chi connectivity index (χ4v) is 5.14. The number of amides is 2. The summed E-state index contributed by atoms with van der Waals surface area (Å²) in [6.45, 7) is 5.53. The number of carbonyl (C=O) groups excluding carboxylic acids is 2. The Hall–Kier alpha value is -2.19. The van der Waals surface area contributed by atoms with Crippen LogP contribution in [0.2, 0.25) is 0 Å². The summed E-state index contributed by atoms with van der Waals surface area (Å²) >= 11 is 0. The third-order valence-corrected chi connectivity index (χ3v) is 6.98.